The molecule has 0 amide bonds. The molecule has 1 aromatic rings. The highest BCUT2D eigenvalue weighted by Gasteiger charge is 2.32. The molecule has 0 heterocycles. The van der Waals surface area contributed by atoms with Crippen LogP contribution in [0.4, 0.5) is 5.69 Å². The zero-order chi connectivity index (χ0) is 14.6. The number of nitro benzene ring substituents is 1. The Morgan fingerprint density at radius 1 is 1.53 bits per heavy atom. The average Bonchev–Trinajstić information content (AvgIpc) is 2.28. The number of methoxy groups -OCH3 is 1. The number of benzene rings is 1. The smallest absolute Gasteiger partial charge is 0.348 e. The summed E-state index contributed by atoms with van der Waals surface area (Å²) in [4.78, 5) is 20.6. The second kappa shape index (κ2) is 5.76. The Hall–Kier alpha value is -2.00. The number of nitro groups is 1. The van der Waals surface area contributed by atoms with E-state index < -0.39 is 31.9 Å². The van der Waals surface area contributed by atoms with E-state index in [-0.39, 0.29) is 11.3 Å². The Morgan fingerprint density at radius 3 is 2.63 bits per heavy atom. The highest BCUT2D eigenvalue weighted by molar-refractivity contribution is 7.91. The molecule has 8 nitrogen and oxygen atoms in total. The lowest BCUT2D eigenvalue weighted by Gasteiger charge is -2.11. The predicted octanol–water partition coefficient (Wildman–Crippen LogP) is 0.567. The zero-order valence-corrected chi connectivity index (χ0v) is 10.7. The first-order chi connectivity index (χ1) is 8.77. The summed E-state index contributed by atoms with van der Waals surface area (Å²) in [6, 6.07) is 4.97. The molecule has 0 saturated carbocycles. The minimum atomic E-state index is -4.11. The maximum absolute atomic E-state index is 11.8. The third kappa shape index (κ3) is 3.73. The molecule has 0 aliphatic heterocycles. The molecule has 1 atom stereocenters. The maximum atomic E-state index is 11.8. The van der Waals surface area contributed by atoms with Crippen molar-refractivity contribution < 1.29 is 28.0 Å². The first kappa shape index (κ1) is 15.1. The Morgan fingerprint density at radius 2 is 2.16 bits per heavy atom. The van der Waals surface area contributed by atoms with Gasteiger partial charge in [0, 0.05) is 19.2 Å². The van der Waals surface area contributed by atoms with Gasteiger partial charge in [0.15, 0.2) is 9.84 Å². The van der Waals surface area contributed by atoms with E-state index in [9.17, 15) is 23.3 Å². The molecule has 104 valence electrons. The zero-order valence-electron chi connectivity index (χ0n) is 9.85. The monoisotopic (exact) mass is 289 g/mol. The third-order valence-electron chi connectivity index (χ3n) is 2.23. The van der Waals surface area contributed by atoms with Crippen LogP contribution in [0, 0.1) is 10.1 Å². The lowest BCUT2D eigenvalue weighted by atomic mass is 10.2. The number of carbonyl (C=O) groups is 1. The second-order valence-corrected chi connectivity index (χ2v) is 5.68. The van der Waals surface area contributed by atoms with Gasteiger partial charge < -0.3 is 9.84 Å². The van der Waals surface area contributed by atoms with Gasteiger partial charge in [-0.1, -0.05) is 12.1 Å². The molecule has 0 bridgehead atoms. The molecule has 1 aromatic carbocycles. The molecule has 0 spiro atoms. The number of rotatable bonds is 6. The summed E-state index contributed by atoms with van der Waals surface area (Å²) in [7, 11) is -3.15. The summed E-state index contributed by atoms with van der Waals surface area (Å²) in [5.74, 6) is -2.28. The van der Waals surface area contributed by atoms with Crippen LogP contribution in [-0.4, -0.2) is 37.0 Å². The number of hydrogen-bond acceptors (Lipinski definition) is 6. The van der Waals surface area contributed by atoms with Gasteiger partial charge in [-0.25, -0.2) is 13.2 Å². The number of nitrogens with zero attached hydrogens (tertiary/aromatic N) is 1. The lowest BCUT2D eigenvalue weighted by molar-refractivity contribution is -0.384. The number of sulfone groups is 1. The van der Waals surface area contributed by atoms with Gasteiger partial charge in [-0.05, 0) is 5.56 Å². The summed E-state index contributed by atoms with van der Waals surface area (Å²) in [5, 5.41) is 19.3. The SMILES string of the molecule is COC(C(=O)O)S(=O)(=O)Cc1cccc([N+](=O)[O-])c1. The highest BCUT2D eigenvalue weighted by atomic mass is 32.2. The van der Waals surface area contributed by atoms with Crippen molar-refractivity contribution in [3.63, 3.8) is 0 Å². The molecule has 0 radical (unpaired) electrons. The number of carboxylic acids is 1. The van der Waals surface area contributed by atoms with Gasteiger partial charge in [-0.3, -0.25) is 10.1 Å². The number of hydrogen-bond donors (Lipinski definition) is 1. The maximum Gasteiger partial charge on any atom is 0.348 e. The van der Waals surface area contributed by atoms with E-state index in [0.29, 0.717) is 0 Å². The van der Waals surface area contributed by atoms with Crippen LogP contribution in [0.3, 0.4) is 0 Å². The molecule has 0 aliphatic rings. The lowest BCUT2D eigenvalue weighted by Crippen LogP contribution is -2.32. The fourth-order valence-electron chi connectivity index (χ4n) is 1.47. The van der Waals surface area contributed by atoms with Crippen molar-refractivity contribution in [2.45, 2.75) is 11.2 Å². The molecule has 0 aliphatic carbocycles. The Kier molecular flexibility index (Phi) is 4.57. The summed E-state index contributed by atoms with van der Waals surface area (Å²) in [5.41, 5.74) is -2.14. The Labute approximate surface area is 108 Å². The minimum absolute atomic E-state index is 0.123. The summed E-state index contributed by atoms with van der Waals surface area (Å²) < 4.78 is 28.0. The van der Waals surface area contributed by atoms with Gasteiger partial charge in [-0.15, -0.1) is 0 Å². The van der Waals surface area contributed by atoms with E-state index in [4.69, 9.17) is 5.11 Å². The Balaban J connectivity index is 3.04. The summed E-state index contributed by atoms with van der Waals surface area (Å²) in [6.07, 6.45) is 0. The van der Waals surface area contributed by atoms with Crippen molar-refractivity contribution in [3.8, 4) is 0 Å². The van der Waals surface area contributed by atoms with E-state index in [1.54, 1.807) is 0 Å². The van der Waals surface area contributed by atoms with Crippen molar-refractivity contribution in [1.29, 1.82) is 0 Å². The summed E-state index contributed by atoms with van der Waals surface area (Å²) in [6.45, 7) is 0. The highest BCUT2D eigenvalue weighted by Crippen LogP contribution is 2.17. The van der Waals surface area contributed by atoms with Gasteiger partial charge in [0.2, 0.25) is 0 Å². The molecule has 1 rings (SSSR count). The number of non-ortho nitro benzene ring substituents is 1. The standard InChI is InChI=1S/C10H11NO7S/c1-18-10(9(12)13)19(16,17)6-7-3-2-4-8(5-7)11(14)15/h2-5,10H,6H2,1H3,(H,12,13). The van der Waals surface area contributed by atoms with Gasteiger partial charge >= 0.3 is 5.97 Å². The van der Waals surface area contributed by atoms with Crippen LogP contribution >= 0.6 is 0 Å². The topological polar surface area (TPSA) is 124 Å². The van der Waals surface area contributed by atoms with Crippen molar-refractivity contribution >= 4 is 21.5 Å². The normalized spacial score (nSPS) is 12.9. The molecular weight excluding hydrogens is 278 g/mol. The van der Waals surface area contributed by atoms with E-state index in [2.05, 4.69) is 4.74 Å². The molecule has 9 heteroatoms. The summed E-state index contributed by atoms with van der Waals surface area (Å²) >= 11 is 0. The molecule has 0 aromatic heterocycles. The molecule has 1 N–H and O–H groups in total. The Bertz CT molecular complexity index is 596. The van der Waals surface area contributed by atoms with Gasteiger partial charge in [-0.2, -0.15) is 0 Å². The van der Waals surface area contributed by atoms with Crippen molar-refractivity contribution in [2.24, 2.45) is 0 Å². The van der Waals surface area contributed by atoms with Crippen LogP contribution < -0.4 is 0 Å². The van der Waals surface area contributed by atoms with Crippen LogP contribution in [0.2, 0.25) is 0 Å². The van der Waals surface area contributed by atoms with Crippen LogP contribution in [-0.2, 0) is 25.1 Å². The number of aliphatic carboxylic acids is 1. The largest absolute Gasteiger partial charge is 0.479 e. The molecule has 0 fully saturated rings. The van der Waals surface area contributed by atoms with E-state index in [1.165, 1.54) is 18.2 Å². The van der Waals surface area contributed by atoms with Gasteiger partial charge in [0.05, 0.1) is 10.7 Å². The fraction of sp³-hybridized carbons (Fsp3) is 0.300. The van der Waals surface area contributed by atoms with Crippen LogP contribution in [0.5, 0.6) is 0 Å². The average molecular weight is 289 g/mol. The van der Waals surface area contributed by atoms with E-state index >= 15 is 0 Å². The number of carboxylic acid groups (broad SMARTS) is 1. The van der Waals surface area contributed by atoms with Crippen molar-refractivity contribution in [3.05, 3.63) is 39.9 Å². The molecule has 1 unspecified atom stereocenters. The van der Waals surface area contributed by atoms with Crippen LogP contribution in [0.15, 0.2) is 24.3 Å². The first-order valence-electron chi connectivity index (χ1n) is 4.98. The van der Waals surface area contributed by atoms with E-state index in [0.717, 1.165) is 13.2 Å². The van der Waals surface area contributed by atoms with Crippen molar-refractivity contribution in [1.82, 2.24) is 0 Å². The van der Waals surface area contributed by atoms with Gasteiger partial charge in [0.25, 0.3) is 11.1 Å². The second-order valence-electron chi connectivity index (χ2n) is 3.64. The minimum Gasteiger partial charge on any atom is -0.479 e. The molecule has 0 saturated heterocycles. The quantitative estimate of drug-likeness (QED) is 0.599. The number of ether oxygens (including phenoxy) is 1. The van der Waals surface area contributed by atoms with E-state index in [1.807, 2.05) is 0 Å². The van der Waals surface area contributed by atoms with Crippen molar-refractivity contribution in [2.75, 3.05) is 7.11 Å². The molecule has 19 heavy (non-hydrogen) atoms. The van der Waals surface area contributed by atoms with Gasteiger partial charge in [0.1, 0.15) is 0 Å². The molecular formula is C10H11NO7S. The predicted molar refractivity (Wildman–Crippen MR) is 64.2 cm³/mol. The third-order valence-corrected chi connectivity index (χ3v) is 4.01. The van der Waals surface area contributed by atoms with Crippen LogP contribution in [0.25, 0.3) is 0 Å². The van der Waals surface area contributed by atoms with Crippen LogP contribution in [0.1, 0.15) is 5.56 Å². The first-order valence-corrected chi connectivity index (χ1v) is 6.70. The fourth-order valence-corrected chi connectivity index (χ4v) is 2.86.